The highest BCUT2D eigenvalue weighted by Gasteiger charge is 2.06. The van der Waals surface area contributed by atoms with Crippen molar-refractivity contribution in [3.8, 4) is 5.75 Å². The Kier molecular flexibility index (Phi) is 3.06. The molecule has 2 rings (SSSR count). The Hall–Kier alpha value is -1.94. The molecule has 5 heteroatoms. The lowest BCUT2D eigenvalue weighted by Gasteiger charge is -2.04. The average molecular weight is 250 g/mol. The number of rotatable bonds is 2. The van der Waals surface area contributed by atoms with E-state index in [2.05, 4.69) is 4.98 Å². The number of esters is 1. The molecule has 2 aromatic rings. The van der Waals surface area contributed by atoms with E-state index in [1.807, 2.05) is 0 Å². The molecule has 0 fully saturated rings. The van der Waals surface area contributed by atoms with Gasteiger partial charge in [0.15, 0.2) is 6.29 Å². The van der Waals surface area contributed by atoms with Gasteiger partial charge in [0.1, 0.15) is 11.4 Å². The van der Waals surface area contributed by atoms with Crippen LogP contribution in [0.25, 0.3) is 10.9 Å². The van der Waals surface area contributed by atoms with Crippen LogP contribution < -0.4 is 4.74 Å². The van der Waals surface area contributed by atoms with Gasteiger partial charge in [0.2, 0.25) is 0 Å². The molecule has 0 bridgehead atoms. The summed E-state index contributed by atoms with van der Waals surface area (Å²) in [6.45, 7) is 1.32. The summed E-state index contributed by atoms with van der Waals surface area (Å²) >= 11 is 5.86. The van der Waals surface area contributed by atoms with Crippen LogP contribution in [-0.2, 0) is 4.79 Å². The quantitative estimate of drug-likeness (QED) is 0.466. The van der Waals surface area contributed by atoms with Crippen molar-refractivity contribution in [3.63, 3.8) is 0 Å². The second kappa shape index (κ2) is 4.51. The highest BCUT2D eigenvalue weighted by Crippen LogP contribution is 2.24. The molecular weight excluding hydrogens is 242 g/mol. The lowest BCUT2D eigenvalue weighted by atomic mass is 10.2. The van der Waals surface area contributed by atoms with Crippen molar-refractivity contribution < 1.29 is 14.3 Å². The van der Waals surface area contributed by atoms with E-state index in [0.29, 0.717) is 22.9 Å². The number of fused-ring (bicyclic) bond motifs is 1. The van der Waals surface area contributed by atoms with Crippen LogP contribution in [0.1, 0.15) is 17.4 Å². The average Bonchev–Trinajstić information content (AvgIpc) is 2.27. The Morgan fingerprint density at radius 3 is 2.82 bits per heavy atom. The molecule has 17 heavy (non-hydrogen) atoms. The molecule has 1 heterocycles. The van der Waals surface area contributed by atoms with Gasteiger partial charge in [0, 0.05) is 12.3 Å². The second-order valence-electron chi connectivity index (χ2n) is 3.42. The Balaban J connectivity index is 2.54. The monoisotopic (exact) mass is 249 g/mol. The van der Waals surface area contributed by atoms with E-state index >= 15 is 0 Å². The molecule has 0 saturated heterocycles. The molecule has 0 aliphatic carbocycles. The number of halogens is 1. The van der Waals surface area contributed by atoms with Crippen LogP contribution in [0.15, 0.2) is 24.3 Å². The molecule has 86 valence electrons. The molecule has 0 aliphatic heterocycles. The number of nitrogens with zero attached hydrogens (tertiary/aromatic N) is 1. The van der Waals surface area contributed by atoms with Gasteiger partial charge in [-0.05, 0) is 24.3 Å². The predicted molar refractivity (Wildman–Crippen MR) is 63.4 cm³/mol. The summed E-state index contributed by atoms with van der Waals surface area (Å²) in [5.41, 5.74) is 0.812. The van der Waals surface area contributed by atoms with E-state index in [9.17, 15) is 9.59 Å². The first kappa shape index (κ1) is 11.5. The zero-order valence-electron chi connectivity index (χ0n) is 8.94. The Bertz CT molecular complexity index is 610. The normalized spacial score (nSPS) is 10.2. The molecule has 0 saturated carbocycles. The van der Waals surface area contributed by atoms with Crippen LogP contribution in [-0.4, -0.2) is 17.2 Å². The number of benzene rings is 1. The second-order valence-corrected chi connectivity index (χ2v) is 3.83. The highest BCUT2D eigenvalue weighted by molar-refractivity contribution is 6.33. The first-order chi connectivity index (χ1) is 8.10. The first-order valence-corrected chi connectivity index (χ1v) is 5.22. The van der Waals surface area contributed by atoms with Crippen molar-refractivity contribution in [2.75, 3.05) is 0 Å². The first-order valence-electron chi connectivity index (χ1n) is 4.84. The van der Waals surface area contributed by atoms with Gasteiger partial charge in [-0.15, -0.1) is 0 Å². The molecule has 0 aliphatic rings. The Morgan fingerprint density at radius 2 is 2.18 bits per heavy atom. The fourth-order valence-electron chi connectivity index (χ4n) is 1.46. The van der Waals surface area contributed by atoms with Crippen LogP contribution in [0.4, 0.5) is 0 Å². The van der Waals surface area contributed by atoms with Crippen molar-refractivity contribution in [3.05, 3.63) is 35.0 Å². The maximum Gasteiger partial charge on any atom is 0.308 e. The zero-order valence-corrected chi connectivity index (χ0v) is 9.69. The third-order valence-corrected chi connectivity index (χ3v) is 2.44. The third kappa shape index (κ3) is 2.42. The Morgan fingerprint density at radius 1 is 1.41 bits per heavy atom. The van der Waals surface area contributed by atoms with E-state index in [-0.39, 0.29) is 10.7 Å². The number of carbonyl (C=O) groups excluding carboxylic acids is 2. The van der Waals surface area contributed by atoms with E-state index in [1.165, 1.54) is 6.92 Å². The summed E-state index contributed by atoms with van der Waals surface area (Å²) in [7, 11) is 0. The fraction of sp³-hybridized carbons (Fsp3) is 0.0833. The van der Waals surface area contributed by atoms with Crippen molar-refractivity contribution in [2.45, 2.75) is 6.92 Å². The third-order valence-electron chi connectivity index (χ3n) is 2.14. The molecule has 0 radical (unpaired) electrons. The molecule has 0 amide bonds. The minimum Gasteiger partial charge on any atom is -0.427 e. The lowest BCUT2D eigenvalue weighted by molar-refractivity contribution is -0.131. The standard InChI is InChI=1S/C12H8ClNO3/c1-7(16)17-9-2-3-11-8(4-9)5-10(13)12(6-15)14-11/h2-6H,1H3. The summed E-state index contributed by atoms with van der Waals surface area (Å²) in [5.74, 6) is 0.0228. The van der Waals surface area contributed by atoms with Crippen LogP contribution >= 0.6 is 11.6 Å². The molecule has 4 nitrogen and oxygen atoms in total. The molecule has 0 atom stereocenters. The van der Waals surface area contributed by atoms with E-state index < -0.39 is 5.97 Å². The van der Waals surface area contributed by atoms with Crippen molar-refractivity contribution >= 4 is 34.8 Å². The molecule has 0 spiro atoms. The smallest absolute Gasteiger partial charge is 0.308 e. The largest absolute Gasteiger partial charge is 0.427 e. The Labute approximate surface area is 102 Å². The fourth-order valence-corrected chi connectivity index (χ4v) is 1.66. The van der Waals surface area contributed by atoms with Gasteiger partial charge in [-0.25, -0.2) is 4.98 Å². The number of aldehydes is 1. The zero-order chi connectivity index (χ0) is 12.4. The van der Waals surface area contributed by atoms with E-state index in [4.69, 9.17) is 16.3 Å². The van der Waals surface area contributed by atoms with Crippen molar-refractivity contribution in [1.29, 1.82) is 0 Å². The highest BCUT2D eigenvalue weighted by atomic mass is 35.5. The number of hydrogen-bond donors (Lipinski definition) is 0. The van der Waals surface area contributed by atoms with Gasteiger partial charge in [-0.2, -0.15) is 0 Å². The van der Waals surface area contributed by atoms with Gasteiger partial charge in [-0.3, -0.25) is 9.59 Å². The minimum atomic E-state index is -0.395. The maximum atomic E-state index is 10.8. The van der Waals surface area contributed by atoms with Crippen molar-refractivity contribution in [1.82, 2.24) is 4.98 Å². The van der Waals surface area contributed by atoms with Gasteiger partial charge in [-0.1, -0.05) is 11.6 Å². The molecule has 1 aromatic heterocycles. The maximum absolute atomic E-state index is 10.8. The van der Waals surface area contributed by atoms with Crippen LogP contribution in [0, 0.1) is 0 Å². The van der Waals surface area contributed by atoms with Gasteiger partial charge in [0.25, 0.3) is 0 Å². The molecule has 0 unspecified atom stereocenters. The van der Waals surface area contributed by atoms with Crippen LogP contribution in [0.2, 0.25) is 5.02 Å². The summed E-state index contributed by atoms with van der Waals surface area (Å²) in [6, 6.07) is 6.53. The van der Waals surface area contributed by atoms with Crippen LogP contribution in [0.5, 0.6) is 5.75 Å². The summed E-state index contributed by atoms with van der Waals surface area (Å²) in [4.78, 5) is 25.5. The van der Waals surface area contributed by atoms with E-state index in [0.717, 1.165) is 0 Å². The predicted octanol–water partition coefficient (Wildman–Crippen LogP) is 2.63. The summed E-state index contributed by atoms with van der Waals surface area (Å²) < 4.78 is 4.94. The van der Waals surface area contributed by atoms with Crippen molar-refractivity contribution in [2.24, 2.45) is 0 Å². The SMILES string of the molecule is CC(=O)Oc1ccc2nc(C=O)c(Cl)cc2c1. The topological polar surface area (TPSA) is 56.3 Å². The van der Waals surface area contributed by atoms with Gasteiger partial charge >= 0.3 is 5.97 Å². The van der Waals surface area contributed by atoms with E-state index in [1.54, 1.807) is 24.3 Å². The summed E-state index contributed by atoms with van der Waals surface area (Å²) in [5, 5.41) is 0.979. The molecule has 1 aromatic carbocycles. The number of aromatic nitrogens is 1. The molecule has 0 N–H and O–H groups in total. The number of hydrogen-bond acceptors (Lipinski definition) is 4. The number of carbonyl (C=O) groups is 2. The van der Waals surface area contributed by atoms with Gasteiger partial charge in [0.05, 0.1) is 10.5 Å². The number of ether oxygens (including phenoxy) is 1. The van der Waals surface area contributed by atoms with Gasteiger partial charge < -0.3 is 4.74 Å². The summed E-state index contributed by atoms with van der Waals surface area (Å²) in [6.07, 6.45) is 0.599. The number of pyridine rings is 1. The lowest BCUT2D eigenvalue weighted by Crippen LogP contribution is -2.01. The minimum absolute atomic E-state index is 0.194. The molecular formula is C12H8ClNO3. The van der Waals surface area contributed by atoms with Crippen LogP contribution in [0.3, 0.4) is 0 Å².